The third-order valence-electron chi connectivity index (χ3n) is 3.05. The number of aryl methyl sites for hydroxylation is 1. The minimum Gasteiger partial charge on any atom is -0.351 e. The highest BCUT2D eigenvalue weighted by Crippen LogP contribution is 2.19. The molecular weight excluding hydrogens is 268 g/mol. The van der Waals surface area contributed by atoms with Crippen LogP contribution < -0.4 is 11.1 Å². The first-order valence-corrected chi connectivity index (χ1v) is 7.75. The van der Waals surface area contributed by atoms with Crippen LogP contribution in [0.4, 0.5) is 0 Å². The Bertz CT molecular complexity index is 541. The molecule has 1 rings (SSSR count). The van der Waals surface area contributed by atoms with Crippen LogP contribution in [0.1, 0.15) is 35.3 Å². The second-order valence-corrected chi connectivity index (χ2v) is 6.70. The molecule has 0 fully saturated rings. The average molecular weight is 290 g/mol. The van der Waals surface area contributed by atoms with Gasteiger partial charge in [-0.05, 0) is 44.7 Å². The molecule has 0 saturated carbocycles. The molecule has 0 heterocycles. The van der Waals surface area contributed by atoms with E-state index in [-0.39, 0.29) is 10.7 Å². The van der Waals surface area contributed by atoms with Crippen LogP contribution in [0.15, 0.2) is 18.2 Å². The molecule has 108 valence electrons. The van der Waals surface area contributed by atoms with Gasteiger partial charge in [0.1, 0.15) is 0 Å². The van der Waals surface area contributed by atoms with E-state index in [0.717, 1.165) is 11.1 Å². The maximum Gasteiger partial charge on any atom is 0.251 e. The first-order chi connectivity index (χ1) is 9.39. The van der Waals surface area contributed by atoms with Crippen LogP contribution in [0.2, 0.25) is 0 Å². The number of nitrogens with one attached hydrogen (secondary N) is 1. The summed E-state index contributed by atoms with van der Waals surface area (Å²) in [5.74, 6) is 5.75. The molecule has 0 bridgehead atoms. The first-order valence-electron chi connectivity index (χ1n) is 6.52. The van der Waals surface area contributed by atoms with E-state index in [1.54, 1.807) is 11.8 Å². The van der Waals surface area contributed by atoms with Gasteiger partial charge in [-0.1, -0.05) is 17.9 Å². The minimum atomic E-state index is -0.0667. The van der Waals surface area contributed by atoms with Gasteiger partial charge in [-0.3, -0.25) is 4.79 Å². The SMILES string of the molecule is CSC(C)(C)CNC(=O)c1ccc(C)c(C#CCN)c1. The summed E-state index contributed by atoms with van der Waals surface area (Å²) in [6.07, 6.45) is 2.04. The molecule has 0 atom stereocenters. The largest absolute Gasteiger partial charge is 0.351 e. The molecule has 0 unspecified atom stereocenters. The van der Waals surface area contributed by atoms with E-state index in [1.165, 1.54) is 0 Å². The summed E-state index contributed by atoms with van der Waals surface area (Å²) in [5, 5.41) is 2.96. The third kappa shape index (κ3) is 4.92. The van der Waals surface area contributed by atoms with Gasteiger partial charge >= 0.3 is 0 Å². The Kier molecular flexibility index (Phi) is 6.12. The Morgan fingerprint density at radius 3 is 2.75 bits per heavy atom. The molecule has 4 heteroatoms. The monoisotopic (exact) mass is 290 g/mol. The number of benzene rings is 1. The normalized spacial score (nSPS) is 10.7. The number of carbonyl (C=O) groups excluding carboxylic acids is 1. The van der Waals surface area contributed by atoms with Gasteiger partial charge in [0.15, 0.2) is 0 Å². The van der Waals surface area contributed by atoms with E-state index >= 15 is 0 Å². The molecule has 0 aliphatic carbocycles. The van der Waals surface area contributed by atoms with Crippen LogP contribution in [0.3, 0.4) is 0 Å². The maximum absolute atomic E-state index is 12.2. The Hall–Kier alpha value is -1.44. The molecule has 3 N–H and O–H groups in total. The number of hydrogen-bond donors (Lipinski definition) is 2. The van der Waals surface area contributed by atoms with Gasteiger partial charge in [0.05, 0.1) is 6.54 Å². The number of nitrogens with two attached hydrogens (primary N) is 1. The summed E-state index contributed by atoms with van der Waals surface area (Å²) in [6, 6.07) is 5.55. The van der Waals surface area contributed by atoms with Crippen LogP contribution in [0, 0.1) is 18.8 Å². The van der Waals surface area contributed by atoms with Crippen molar-refractivity contribution in [3.8, 4) is 11.8 Å². The van der Waals surface area contributed by atoms with Gasteiger partial charge in [-0.25, -0.2) is 0 Å². The van der Waals surface area contributed by atoms with E-state index in [1.807, 2.05) is 31.4 Å². The molecule has 1 aromatic carbocycles. The summed E-state index contributed by atoms with van der Waals surface area (Å²) in [5.41, 5.74) is 7.92. The van der Waals surface area contributed by atoms with E-state index < -0.39 is 0 Å². The summed E-state index contributed by atoms with van der Waals surface area (Å²) in [4.78, 5) is 12.2. The summed E-state index contributed by atoms with van der Waals surface area (Å²) >= 11 is 1.73. The van der Waals surface area contributed by atoms with Gasteiger partial charge in [-0.15, -0.1) is 0 Å². The van der Waals surface area contributed by atoms with Gasteiger partial charge < -0.3 is 11.1 Å². The standard InChI is InChI=1S/C16H22N2OS/c1-12-7-8-14(10-13(12)6-5-9-17)15(19)18-11-16(2,3)20-4/h7-8,10H,9,11,17H2,1-4H3,(H,18,19). The van der Waals surface area contributed by atoms with Gasteiger partial charge in [0, 0.05) is 22.4 Å². The second kappa shape index (κ2) is 7.37. The quantitative estimate of drug-likeness (QED) is 0.836. The van der Waals surface area contributed by atoms with Crippen molar-refractivity contribution in [2.45, 2.75) is 25.5 Å². The summed E-state index contributed by atoms with van der Waals surface area (Å²) < 4.78 is 0.0303. The highest BCUT2D eigenvalue weighted by atomic mass is 32.2. The molecule has 1 amide bonds. The summed E-state index contributed by atoms with van der Waals surface area (Å²) in [7, 11) is 0. The van der Waals surface area contributed by atoms with Crippen molar-refractivity contribution in [2.75, 3.05) is 19.3 Å². The van der Waals surface area contributed by atoms with Crippen molar-refractivity contribution in [2.24, 2.45) is 5.73 Å². The Morgan fingerprint density at radius 2 is 2.15 bits per heavy atom. The molecule has 3 nitrogen and oxygen atoms in total. The van der Waals surface area contributed by atoms with Crippen molar-refractivity contribution in [1.29, 1.82) is 0 Å². The first kappa shape index (κ1) is 16.6. The fourth-order valence-electron chi connectivity index (χ4n) is 1.51. The molecular formula is C16H22N2OS. The van der Waals surface area contributed by atoms with Crippen LogP contribution in [-0.4, -0.2) is 30.0 Å². The zero-order valence-electron chi connectivity index (χ0n) is 12.5. The number of carbonyl (C=O) groups is 1. The number of rotatable bonds is 4. The van der Waals surface area contributed by atoms with E-state index in [9.17, 15) is 4.79 Å². The zero-order valence-corrected chi connectivity index (χ0v) is 13.4. The Labute approximate surface area is 125 Å². The number of hydrogen-bond acceptors (Lipinski definition) is 3. The van der Waals surface area contributed by atoms with E-state index in [0.29, 0.717) is 18.7 Å². The third-order valence-corrected chi connectivity index (χ3v) is 4.30. The lowest BCUT2D eigenvalue weighted by molar-refractivity contribution is 0.0951. The lowest BCUT2D eigenvalue weighted by atomic mass is 10.0. The fraction of sp³-hybridized carbons (Fsp3) is 0.438. The molecule has 0 saturated heterocycles. The Balaban J connectivity index is 2.84. The Morgan fingerprint density at radius 1 is 1.45 bits per heavy atom. The number of thioether (sulfide) groups is 1. The van der Waals surface area contributed by atoms with Gasteiger partial charge in [0.25, 0.3) is 5.91 Å². The molecule has 20 heavy (non-hydrogen) atoms. The summed E-state index contributed by atoms with van der Waals surface area (Å²) in [6.45, 7) is 7.12. The highest BCUT2D eigenvalue weighted by Gasteiger charge is 2.17. The fourth-order valence-corrected chi connectivity index (χ4v) is 1.73. The predicted molar refractivity (Wildman–Crippen MR) is 87.0 cm³/mol. The topological polar surface area (TPSA) is 55.1 Å². The smallest absolute Gasteiger partial charge is 0.251 e. The van der Waals surface area contributed by atoms with E-state index in [2.05, 4.69) is 31.0 Å². The van der Waals surface area contributed by atoms with Crippen molar-refractivity contribution in [1.82, 2.24) is 5.32 Å². The van der Waals surface area contributed by atoms with Crippen LogP contribution >= 0.6 is 11.8 Å². The van der Waals surface area contributed by atoms with Crippen molar-refractivity contribution >= 4 is 17.7 Å². The highest BCUT2D eigenvalue weighted by molar-refractivity contribution is 7.99. The van der Waals surface area contributed by atoms with Crippen LogP contribution in [-0.2, 0) is 0 Å². The lowest BCUT2D eigenvalue weighted by Gasteiger charge is -2.22. The molecule has 1 aromatic rings. The minimum absolute atomic E-state index is 0.0303. The molecule has 0 radical (unpaired) electrons. The second-order valence-electron chi connectivity index (χ2n) is 5.18. The average Bonchev–Trinajstić information content (AvgIpc) is 2.44. The molecule has 0 aliphatic rings. The molecule has 0 aliphatic heterocycles. The zero-order chi connectivity index (χ0) is 15.2. The van der Waals surface area contributed by atoms with Crippen molar-refractivity contribution in [3.05, 3.63) is 34.9 Å². The number of amides is 1. The van der Waals surface area contributed by atoms with Crippen molar-refractivity contribution < 1.29 is 4.79 Å². The van der Waals surface area contributed by atoms with E-state index in [4.69, 9.17) is 5.73 Å². The molecule has 0 spiro atoms. The lowest BCUT2D eigenvalue weighted by Crippen LogP contribution is -2.36. The van der Waals surface area contributed by atoms with Crippen molar-refractivity contribution in [3.63, 3.8) is 0 Å². The predicted octanol–water partition coefficient (Wildman–Crippen LogP) is 2.18. The van der Waals surface area contributed by atoms with Gasteiger partial charge in [0.2, 0.25) is 0 Å². The maximum atomic E-state index is 12.2. The van der Waals surface area contributed by atoms with Crippen LogP contribution in [0.5, 0.6) is 0 Å². The van der Waals surface area contributed by atoms with Crippen LogP contribution in [0.25, 0.3) is 0 Å². The van der Waals surface area contributed by atoms with Gasteiger partial charge in [-0.2, -0.15) is 11.8 Å². The molecule has 0 aromatic heterocycles.